The van der Waals surface area contributed by atoms with Crippen molar-refractivity contribution < 1.29 is 9.53 Å². The van der Waals surface area contributed by atoms with Crippen LogP contribution in [0.5, 0.6) is 5.75 Å². The third kappa shape index (κ3) is 6.17. The van der Waals surface area contributed by atoms with Gasteiger partial charge in [0.1, 0.15) is 5.75 Å². The quantitative estimate of drug-likeness (QED) is 0.687. The summed E-state index contributed by atoms with van der Waals surface area (Å²) in [7, 11) is 3.58. The van der Waals surface area contributed by atoms with Gasteiger partial charge in [-0.05, 0) is 44.0 Å². The molecule has 0 spiro atoms. The maximum Gasteiger partial charge on any atom is 0.220 e. The van der Waals surface area contributed by atoms with Gasteiger partial charge in [0.2, 0.25) is 5.91 Å². The molecule has 0 aliphatic heterocycles. The smallest absolute Gasteiger partial charge is 0.220 e. The fourth-order valence-corrected chi connectivity index (χ4v) is 2.27. The van der Waals surface area contributed by atoms with Gasteiger partial charge < -0.3 is 15.4 Å². The zero-order valence-corrected chi connectivity index (χ0v) is 13.6. The molecule has 0 fully saturated rings. The zero-order chi connectivity index (χ0) is 15.7. The lowest BCUT2D eigenvalue weighted by atomic mass is 9.95. The molecule has 1 aromatic carbocycles. The molecule has 0 aliphatic carbocycles. The van der Waals surface area contributed by atoms with Gasteiger partial charge in [0.15, 0.2) is 0 Å². The van der Waals surface area contributed by atoms with Gasteiger partial charge in [-0.1, -0.05) is 32.0 Å². The second-order valence-corrected chi connectivity index (χ2v) is 5.64. The van der Waals surface area contributed by atoms with E-state index in [2.05, 4.69) is 30.5 Å². The molecule has 4 nitrogen and oxygen atoms in total. The Kier molecular flexibility index (Phi) is 7.83. The van der Waals surface area contributed by atoms with Crippen LogP contribution in [0.2, 0.25) is 0 Å². The molecule has 1 atom stereocenters. The monoisotopic (exact) mass is 292 g/mol. The summed E-state index contributed by atoms with van der Waals surface area (Å²) < 4.78 is 5.39. The number of hydrogen-bond donors (Lipinski definition) is 2. The lowest BCUT2D eigenvalue weighted by molar-refractivity contribution is -0.122. The number of carbonyl (C=O) groups is 1. The summed E-state index contributed by atoms with van der Waals surface area (Å²) in [5, 5.41) is 6.21. The van der Waals surface area contributed by atoms with Crippen LogP contribution in [-0.2, 0) is 11.2 Å². The van der Waals surface area contributed by atoms with E-state index in [4.69, 9.17) is 4.74 Å². The highest BCUT2D eigenvalue weighted by atomic mass is 16.5. The van der Waals surface area contributed by atoms with E-state index in [-0.39, 0.29) is 11.9 Å². The molecule has 0 aromatic heterocycles. The maximum atomic E-state index is 12.0. The number of benzene rings is 1. The molecule has 1 rings (SSSR count). The molecule has 2 N–H and O–H groups in total. The first-order chi connectivity index (χ1) is 10.1. The summed E-state index contributed by atoms with van der Waals surface area (Å²) in [6, 6.07) is 8.11. The van der Waals surface area contributed by atoms with E-state index < -0.39 is 0 Å². The van der Waals surface area contributed by atoms with Crippen LogP contribution < -0.4 is 15.4 Å². The number of carbonyl (C=O) groups excluding carboxylic acids is 1. The molecule has 1 aromatic rings. The van der Waals surface area contributed by atoms with Crippen LogP contribution in [-0.4, -0.2) is 32.7 Å². The standard InChI is InChI=1S/C17H28N2O2/c1-13(2)15(19-17(20)10-7-11-18-3)12-14-8-5-6-9-16(14)21-4/h5-6,8-9,13,15,18H,7,10-12H2,1-4H3,(H,19,20). The highest BCUT2D eigenvalue weighted by Gasteiger charge is 2.18. The molecule has 4 heteroatoms. The van der Waals surface area contributed by atoms with Crippen LogP contribution in [0.3, 0.4) is 0 Å². The Hall–Kier alpha value is -1.55. The predicted octanol–water partition coefficient (Wildman–Crippen LogP) is 2.38. The number of rotatable bonds is 9. The molecule has 0 heterocycles. The highest BCUT2D eigenvalue weighted by Crippen LogP contribution is 2.21. The fourth-order valence-electron chi connectivity index (χ4n) is 2.27. The zero-order valence-electron chi connectivity index (χ0n) is 13.6. The van der Waals surface area contributed by atoms with E-state index in [1.54, 1.807) is 7.11 Å². The molecule has 1 amide bonds. The van der Waals surface area contributed by atoms with Gasteiger partial charge in [0, 0.05) is 12.5 Å². The second kappa shape index (κ2) is 9.40. The maximum absolute atomic E-state index is 12.0. The SMILES string of the molecule is CNCCCC(=O)NC(Cc1ccccc1OC)C(C)C. The summed E-state index contributed by atoms with van der Waals surface area (Å²) in [5.41, 5.74) is 1.13. The summed E-state index contributed by atoms with van der Waals surface area (Å²) in [6.45, 7) is 5.13. The lowest BCUT2D eigenvalue weighted by Gasteiger charge is -2.23. The van der Waals surface area contributed by atoms with E-state index >= 15 is 0 Å². The van der Waals surface area contributed by atoms with Crippen LogP contribution in [0.4, 0.5) is 0 Å². The Morgan fingerprint density at radius 3 is 2.62 bits per heavy atom. The van der Waals surface area contributed by atoms with Crippen molar-refractivity contribution in [1.82, 2.24) is 10.6 Å². The third-order valence-corrected chi connectivity index (χ3v) is 3.61. The summed E-state index contributed by atoms with van der Waals surface area (Å²) in [4.78, 5) is 12.0. The average Bonchev–Trinajstić information content (AvgIpc) is 2.47. The Balaban J connectivity index is 2.63. The molecule has 0 bridgehead atoms. The van der Waals surface area contributed by atoms with Crippen molar-refractivity contribution in [3.63, 3.8) is 0 Å². The van der Waals surface area contributed by atoms with E-state index in [9.17, 15) is 4.79 Å². The Labute approximate surface area is 128 Å². The molecule has 0 radical (unpaired) electrons. The van der Waals surface area contributed by atoms with Crippen molar-refractivity contribution in [1.29, 1.82) is 0 Å². The van der Waals surface area contributed by atoms with Gasteiger partial charge >= 0.3 is 0 Å². The molecule has 0 saturated heterocycles. The predicted molar refractivity (Wildman–Crippen MR) is 86.6 cm³/mol. The van der Waals surface area contributed by atoms with Gasteiger partial charge in [0.05, 0.1) is 7.11 Å². The van der Waals surface area contributed by atoms with Crippen LogP contribution in [0, 0.1) is 5.92 Å². The molecule has 118 valence electrons. The van der Waals surface area contributed by atoms with E-state index in [1.807, 2.05) is 25.2 Å². The third-order valence-electron chi connectivity index (χ3n) is 3.61. The van der Waals surface area contributed by atoms with Crippen molar-refractivity contribution in [2.75, 3.05) is 20.7 Å². The minimum Gasteiger partial charge on any atom is -0.496 e. The first-order valence-electron chi connectivity index (χ1n) is 7.64. The highest BCUT2D eigenvalue weighted by molar-refractivity contribution is 5.76. The topological polar surface area (TPSA) is 50.4 Å². The van der Waals surface area contributed by atoms with Crippen molar-refractivity contribution in [2.45, 2.75) is 39.2 Å². The fraction of sp³-hybridized carbons (Fsp3) is 0.588. The van der Waals surface area contributed by atoms with E-state index in [0.717, 1.165) is 30.7 Å². The number of methoxy groups -OCH3 is 1. The minimum absolute atomic E-state index is 0.124. The van der Waals surface area contributed by atoms with E-state index in [1.165, 1.54) is 0 Å². The van der Waals surface area contributed by atoms with Gasteiger partial charge in [-0.3, -0.25) is 4.79 Å². The largest absolute Gasteiger partial charge is 0.496 e. The van der Waals surface area contributed by atoms with Crippen molar-refractivity contribution in [3.05, 3.63) is 29.8 Å². The molecule has 0 aliphatic rings. The van der Waals surface area contributed by atoms with Crippen molar-refractivity contribution in [3.8, 4) is 5.75 Å². The Morgan fingerprint density at radius 2 is 2.00 bits per heavy atom. The summed E-state index contributed by atoms with van der Waals surface area (Å²) in [6.07, 6.45) is 2.22. The molecular formula is C17H28N2O2. The number of nitrogens with one attached hydrogen (secondary N) is 2. The first kappa shape index (κ1) is 17.5. The Morgan fingerprint density at radius 1 is 1.29 bits per heavy atom. The van der Waals surface area contributed by atoms with Gasteiger partial charge in [-0.25, -0.2) is 0 Å². The molecular weight excluding hydrogens is 264 g/mol. The van der Waals surface area contributed by atoms with Crippen LogP contribution >= 0.6 is 0 Å². The van der Waals surface area contributed by atoms with Crippen molar-refractivity contribution in [2.24, 2.45) is 5.92 Å². The summed E-state index contributed by atoms with van der Waals surface area (Å²) in [5.74, 6) is 1.38. The summed E-state index contributed by atoms with van der Waals surface area (Å²) >= 11 is 0. The average molecular weight is 292 g/mol. The van der Waals surface area contributed by atoms with E-state index in [0.29, 0.717) is 12.3 Å². The molecule has 0 saturated carbocycles. The van der Waals surface area contributed by atoms with Crippen LogP contribution in [0.1, 0.15) is 32.3 Å². The lowest BCUT2D eigenvalue weighted by Crippen LogP contribution is -2.40. The number of para-hydroxylation sites is 1. The normalized spacial score (nSPS) is 12.2. The number of ether oxygens (including phenoxy) is 1. The molecule has 21 heavy (non-hydrogen) atoms. The van der Waals surface area contributed by atoms with Crippen LogP contribution in [0.15, 0.2) is 24.3 Å². The van der Waals surface area contributed by atoms with Gasteiger partial charge in [-0.2, -0.15) is 0 Å². The van der Waals surface area contributed by atoms with Crippen LogP contribution in [0.25, 0.3) is 0 Å². The molecule has 1 unspecified atom stereocenters. The van der Waals surface area contributed by atoms with Gasteiger partial charge in [0.25, 0.3) is 0 Å². The second-order valence-electron chi connectivity index (χ2n) is 5.64. The number of hydrogen-bond acceptors (Lipinski definition) is 3. The minimum atomic E-state index is 0.124. The first-order valence-corrected chi connectivity index (χ1v) is 7.64. The number of amides is 1. The van der Waals surface area contributed by atoms with Crippen molar-refractivity contribution >= 4 is 5.91 Å². The van der Waals surface area contributed by atoms with Gasteiger partial charge in [-0.15, -0.1) is 0 Å². The Bertz CT molecular complexity index is 433.